The van der Waals surface area contributed by atoms with Crippen molar-refractivity contribution < 1.29 is 0 Å². The summed E-state index contributed by atoms with van der Waals surface area (Å²) in [5.74, 6) is 0. The van der Waals surface area contributed by atoms with Crippen LogP contribution in [-0.4, -0.2) is 11.5 Å². The molecule has 0 unspecified atom stereocenters. The lowest BCUT2D eigenvalue weighted by Gasteiger charge is -2.11. The second kappa shape index (κ2) is 5.91. The van der Waals surface area contributed by atoms with Gasteiger partial charge in [-0.3, -0.25) is 4.98 Å². The number of rotatable bonds is 5. The number of hydrogen-bond donors (Lipinski definition) is 3. The number of nitrogens with two attached hydrogens (primary N) is 2. The van der Waals surface area contributed by atoms with E-state index in [1.165, 1.54) is 5.56 Å². The monoisotopic (exact) mass is 254 g/mol. The number of nitrogens with zero attached hydrogens (tertiary/aromatic N) is 1. The first kappa shape index (κ1) is 13.0. The van der Waals surface area contributed by atoms with Gasteiger partial charge in [0.1, 0.15) is 0 Å². The van der Waals surface area contributed by atoms with Crippen molar-refractivity contribution >= 4 is 17.1 Å². The van der Waals surface area contributed by atoms with Gasteiger partial charge in [-0.25, -0.2) is 0 Å². The van der Waals surface area contributed by atoms with Crippen LogP contribution in [0.1, 0.15) is 11.1 Å². The Morgan fingerprint density at radius 2 is 1.95 bits per heavy atom. The summed E-state index contributed by atoms with van der Waals surface area (Å²) in [7, 11) is 0. The van der Waals surface area contributed by atoms with Crippen LogP contribution in [0.5, 0.6) is 0 Å². The number of anilines is 2. The second-order valence-electron chi connectivity index (χ2n) is 4.40. The summed E-state index contributed by atoms with van der Waals surface area (Å²) in [5, 5.41) is 3.27. The van der Waals surface area contributed by atoms with Gasteiger partial charge >= 0.3 is 0 Å². The maximum atomic E-state index is 5.76. The van der Waals surface area contributed by atoms with Crippen molar-refractivity contribution in [3.05, 3.63) is 60.4 Å². The van der Waals surface area contributed by atoms with Crippen LogP contribution in [0, 0.1) is 0 Å². The molecule has 19 heavy (non-hydrogen) atoms. The van der Waals surface area contributed by atoms with Gasteiger partial charge in [-0.1, -0.05) is 12.6 Å². The van der Waals surface area contributed by atoms with Crippen LogP contribution < -0.4 is 16.8 Å². The maximum Gasteiger partial charge on any atom is 0.0342 e. The van der Waals surface area contributed by atoms with E-state index in [0.29, 0.717) is 11.4 Å². The summed E-state index contributed by atoms with van der Waals surface area (Å²) < 4.78 is 0. The van der Waals surface area contributed by atoms with Gasteiger partial charge in [-0.15, -0.1) is 0 Å². The zero-order chi connectivity index (χ0) is 13.7. The van der Waals surface area contributed by atoms with Crippen LogP contribution in [0.3, 0.4) is 0 Å². The molecule has 0 saturated heterocycles. The Kier molecular flexibility index (Phi) is 4.03. The number of benzene rings is 1. The van der Waals surface area contributed by atoms with E-state index in [1.807, 2.05) is 24.4 Å². The first-order valence-electron chi connectivity index (χ1n) is 6.13. The second-order valence-corrected chi connectivity index (χ2v) is 4.40. The Balaban J connectivity index is 1.91. The van der Waals surface area contributed by atoms with Crippen LogP contribution in [0.4, 0.5) is 11.4 Å². The minimum atomic E-state index is 0.644. The van der Waals surface area contributed by atoms with Gasteiger partial charge in [0.05, 0.1) is 0 Å². The molecule has 98 valence electrons. The number of aromatic nitrogens is 1. The summed E-state index contributed by atoms with van der Waals surface area (Å²) in [5.41, 5.74) is 15.7. The topological polar surface area (TPSA) is 77.0 Å². The highest BCUT2D eigenvalue weighted by atomic mass is 14.9. The molecule has 0 saturated carbocycles. The zero-order valence-electron chi connectivity index (χ0n) is 10.8. The van der Waals surface area contributed by atoms with Gasteiger partial charge in [-0.05, 0) is 36.2 Å². The van der Waals surface area contributed by atoms with Gasteiger partial charge in [0.2, 0.25) is 0 Å². The highest BCUT2D eigenvalue weighted by molar-refractivity contribution is 5.69. The molecular formula is C15H18N4. The fourth-order valence-corrected chi connectivity index (χ4v) is 1.86. The van der Waals surface area contributed by atoms with Crippen LogP contribution in [-0.2, 0) is 6.42 Å². The predicted octanol–water partition coefficient (Wildman–Crippen LogP) is 2.05. The molecular weight excluding hydrogens is 236 g/mol. The van der Waals surface area contributed by atoms with E-state index < -0.39 is 0 Å². The van der Waals surface area contributed by atoms with Crippen LogP contribution in [0.25, 0.3) is 5.70 Å². The fraction of sp³-hybridized carbons (Fsp3) is 0.133. The SMILES string of the molecule is C=C(NCCc1cccnc1)c1cc(N)cc(N)c1. The molecule has 0 spiro atoms. The minimum absolute atomic E-state index is 0.644. The Bertz CT molecular complexity index is 543. The molecule has 0 fully saturated rings. The van der Waals surface area contributed by atoms with Crippen molar-refractivity contribution in [1.29, 1.82) is 0 Å². The smallest absolute Gasteiger partial charge is 0.0342 e. The van der Waals surface area contributed by atoms with Gasteiger partial charge in [0.25, 0.3) is 0 Å². The lowest BCUT2D eigenvalue weighted by atomic mass is 10.1. The Hall–Kier alpha value is -2.49. The quantitative estimate of drug-likeness (QED) is 0.714. The van der Waals surface area contributed by atoms with E-state index in [4.69, 9.17) is 11.5 Å². The van der Waals surface area contributed by atoms with E-state index in [-0.39, 0.29) is 0 Å². The molecule has 0 atom stereocenters. The zero-order valence-corrected chi connectivity index (χ0v) is 10.8. The lowest BCUT2D eigenvalue weighted by Crippen LogP contribution is -2.15. The first-order chi connectivity index (χ1) is 9.15. The maximum absolute atomic E-state index is 5.76. The predicted molar refractivity (Wildman–Crippen MR) is 80.2 cm³/mol. The van der Waals surface area contributed by atoms with E-state index in [2.05, 4.69) is 22.9 Å². The van der Waals surface area contributed by atoms with Gasteiger partial charge in [0, 0.05) is 41.6 Å². The third-order valence-electron chi connectivity index (χ3n) is 2.80. The Morgan fingerprint density at radius 1 is 1.21 bits per heavy atom. The van der Waals surface area contributed by atoms with E-state index in [9.17, 15) is 0 Å². The standard InChI is InChI=1S/C15H18N4/c1-11(13-7-14(16)9-15(17)8-13)19-6-4-12-3-2-5-18-10-12/h2-3,5,7-10,19H,1,4,6,16-17H2. The molecule has 1 aromatic heterocycles. The molecule has 4 heteroatoms. The average Bonchev–Trinajstić information content (AvgIpc) is 2.38. The summed E-state index contributed by atoms with van der Waals surface area (Å²) in [6, 6.07) is 9.43. The van der Waals surface area contributed by atoms with Crippen LogP contribution in [0.15, 0.2) is 49.3 Å². The van der Waals surface area contributed by atoms with Crippen molar-refractivity contribution in [2.75, 3.05) is 18.0 Å². The number of pyridine rings is 1. The molecule has 1 aromatic carbocycles. The van der Waals surface area contributed by atoms with Crippen molar-refractivity contribution in [3.63, 3.8) is 0 Å². The Morgan fingerprint density at radius 3 is 2.58 bits per heavy atom. The molecule has 4 nitrogen and oxygen atoms in total. The Labute approximate surface area is 113 Å². The third kappa shape index (κ3) is 3.74. The third-order valence-corrected chi connectivity index (χ3v) is 2.80. The molecule has 0 aliphatic heterocycles. The number of nitrogen functional groups attached to an aromatic ring is 2. The largest absolute Gasteiger partial charge is 0.399 e. The molecule has 0 aliphatic rings. The molecule has 2 aromatic rings. The van der Waals surface area contributed by atoms with Crippen molar-refractivity contribution in [3.8, 4) is 0 Å². The molecule has 1 heterocycles. The molecule has 2 rings (SSSR count). The number of nitrogens with one attached hydrogen (secondary N) is 1. The molecule has 0 radical (unpaired) electrons. The minimum Gasteiger partial charge on any atom is -0.399 e. The normalized spacial score (nSPS) is 10.1. The summed E-state index contributed by atoms with van der Waals surface area (Å²) in [4.78, 5) is 4.08. The lowest BCUT2D eigenvalue weighted by molar-refractivity contribution is 0.845. The van der Waals surface area contributed by atoms with Gasteiger partial charge in [-0.2, -0.15) is 0 Å². The first-order valence-corrected chi connectivity index (χ1v) is 6.13. The van der Waals surface area contributed by atoms with Gasteiger partial charge in [0.15, 0.2) is 0 Å². The average molecular weight is 254 g/mol. The summed E-state index contributed by atoms with van der Waals surface area (Å²) in [6.07, 6.45) is 4.53. The van der Waals surface area contributed by atoms with Crippen molar-refractivity contribution in [1.82, 2.24) is 10.3 Å². The number of hydrogen-bond acceptors (Lipinski definition) is 4. The summed E-state index contributed by atoms with van der Waals surface area (Å²) in [6.45, 7) is 4.79. The molecule has 5 N–H and O–H groups in total. The highest BCUT2D eigenvalue weighted by Gasteiger charge is 2.01. The molecule has 0 aliphatic carbocycles. The van der Waals surface area contributed by atoms with Crippen molar-refractivity contribution in [2.45, 2.75) is 6.42 Å². The van der Waals surface area contributed by atoms with Crippen LogP contribution >= 0.6 is 0 Å². The fourth-order valence-electron chi connectivity index (χ4n) is 1.86. The highest BCUT2D eigenvalue weighted by Crippen LogP contribution is 2.18. The summed E-state index contributed by atoms with van der Waals surface area (Å²) >= 11 is 0. The van der Waals surface area contributed by atoms with E-state index in [1.54, 1.807) is 12.3 Å². The van der Waals surface area contributed by atoms with E-state index >= 15 is 0 Å². The van der Waals surface area contributed by atoms with Crippen LogP contribution in [0.2, 0.25) is 0 Å². The van der Waals surface area contributed by atoms with Gasteiger partial charge < -0.3 is 16.8 Å². The van der Waals surface area contributed by atoms with E-state index in [0.717, 1.165) is 24.2 Å². The molecule has 0 amide bonds. The van der Waals surface area contributed by atoms with Crippen molar-refractivity contribution in [2.24, 2.45) is 0 Å². The molecule has 0 bridgehead atoms.